The maximum atomic E-state index is 14.6. The van der Waals surface area contributed by atoms with E-state index in [1.54, 1.807) is 49.6 Å². The van der Waals surface area contributed by atoms with Crippen LogP contribution in [0.2, 0.25) is 0 Å². The topological polar surface area (TPSA) is 91.7 Å². The molecule has 0 aliphatic carbocycles. The maximum Gasteiger partial charge on any atom is 0.394 e. The molecule has 0 bridgehead atoms. The minimum atomic E-state index is -4.41. The van der Waals surface area contributed by atoms with Gasteiger partial charge in [0, 0.05) is 54.3 Å². The normalized spacial score (nSPS) is 16.2. The van der Waals surface area contributed by atoms with Gasteiger partial charge in [-0.3, -0.25) is 9.89 Å². The summed E-state index contributed by atoms with van der Waals surface area (Å²) in [6.45, 7) is -0.395. The molecule has 0 saturated carbocycles. The van der Waals surface area contributed by atoms with E-state index >= 15 is 0 Å². The number of nitrogens with one attached hydrogen (secondary N) is 2. The van der Waals surface area contributed by atoms with E-state index in [-0.39, 0.29) is 0 Å². The van der Waals surface area contributed by atoms with Gasteiger partial charge < -0.3 is 10.2 Å². The molecule has 2 aromatic carbocycles. The SMILES string of the molecule is Cn1nc(-c2ccc(N3C[C@H](C(F)(F)F)CC3=O)cc2)nc1Nc1ccc(-c2cn[nH]c2)c(F)c1. The summed E-state index contributed by atoms with van der Waals surface area (Å²) in [6.07, 6.45) is -1.83. The molecule has 8 nitrogen and oxygen atoms in total. The van der Waals surface area contributed by atoms with E-state index in [2.05, 4.69) is 25.6 Å². The molecule has 0 spiro atoms. The molecule has 1 atom stereocenters. The average Bonchev–Trinajstić information content (AvgIpc) is 3.55. The Bertz CT molecular complexity index is 1360. The lowest BCUT2D eigenvalue weighted by Crippen LogP contribution is -2.28. The number of anilines is 3. The number of carbonyl (C=O) groups is 1. The molecule has 4 aromatic rings. The van der Waals surface area contributed by atoms with Crippen LogP contribution in [0.4, 0.5) is 34.9 Å². The number of aromatic amines is 1. The summed E-state index contributed by atoms with van der Waals surface area (Å²) in [5, 5.41) is 13.8. The number of benzene rings is 2. The molecule has 0 radical (unpaired) electrons. The van der Waals surface area contributed by atoms with Gasteiger partial charge in [-0.05, 0) is 42.5 Å². The van der Waals surface area contributed by atoms with E-state index in [0.29, 0.717) is 39.8 Å². The Balaban J connectivity index is 1.32. The monoisotopic (exact) mass is 485 g/mol. The van der Waals surface area contributed by atoms with Crippen LogP contribution in [0.15, 0.2) is 54.9 Å². The first-order valence-electron chi connectivity index (χ1n) is 10.6. The van der Waals surface area contributed by atoms with Gasteiger partial charge in [0.1, 0.15) is 5.82 Å². The van der Waals surface area contributed by atoms with Crippen molar-refractivity contribution in [3.8, 4) is 22.5 Å². The number of aryl methyl sites for hydroxylation is 1. The third kappa shape index (κ3) is 4.46. The minimum Gasteiger partial charge on any atom is -0.324 e. The summed E-state index contributed by atoms with van der Waals surface area (Å²) in [4.78, 5) is 17.7. The molecule has 1 saturated heterocycles. The highest BCUT2D eigenvalue weighted by Crippen LogP contribution is 2.36. The molecule has 0 unspecified atom stereocenters. The summed E-state index contributed by atoms with van der Waals surface area (Å²) >= 11 is 0. The molecule has 2 N–H and O–H groups in total. The Morgan fingerprint density at radius 1 is 1.11 bits per heavy atom. The van der Waals surface area contributed by atoms with Gasteiger partial charge in [-0.2, -0.15) is 23.3 Å². The number of carbonyl (C=O) groups excluding carboxylic acids is 1. The molecule has 1 fully saturated rings. The highest BCUT2D eigenvalue weighted by Gasteiger charge is 2.47. The Morgan fingerprint density at radius 2 is 1.89 bits per heavy atom. The van der Waals surface area contributed by atoms with Crippen molar-refractivity contribution in [3.63, 3.8) is 0 Å². The van der Waals surface area contributed by atoms with Crippen LogP contribution in [0.1, 0.15) is 6.42 Å². The summed E-state index contributed by atoms with van der Waals surface area (Å²) in [5.41, 5.74) is 2.49. The van der Waals surface area contributed by atoms with Crippen LogP contribution in [0, 0.1) is 11.7 Å². The number of H-pyrrole nitrogens is 1. The number of hydrogen-bond donors (Lipinski definition) is 2. The fraction of sp³-hybridized carbons (Fsp3) is 0.217. The summed E-state index contributed by atoms with van der Waals surface area (Å²) in [7, 11) is 1.67. The highest BCUT2D eigenvalue weighted by molar-refractivity contribution is 5.96. The molecular weight excluding hydrogens is 466 g/mol. The van der Waals surface area contributed by atoms with Crippen molar-refractivity contribution in [3.05, 3.63) is 60.7 Å². The molecule has 12 heteroatoms. The van der Waals surface area contributed by atoms with Gasteiger partial charge >= 0.3 is 6.18 Å². The number of nitrogens with zero attached hydrogens (tertiary/aromatic N) is 5. The van der Waals surface area contributed by atoms with Gasteiger partial charge in [-0.1, -0.05) is 0 Å². The Hall–Kier alpha value is -4.22. The standard InChI is InChI=1S/C23H19F4N7O/c1-33-22(30-16-4-7-18(19(24)9-16)14-10-28-29-11-14)31-21(32-33)13-2-5-17(6-3-13)34-12-15(8-20(34)35)23(25,26)27/h2-7,9-11,15H,8,12H2,1H3,(H,28,29)(H,30,31,32)/t15-/m1/s1. The van der Waals surface area contributed by atoms with E-state index in [4.69, 9.17) is 0 Å². The largest absolute Gasteiger partial charge is 0.394 e. The molecule has 1 aliphatic heterocycles. The van der Waals surface area contributed by atoms with Gasteiger partial charge in [-0.15, -0.1) is 5.10 Å². The Labute approximate surface area is 196 Å². The highest BCUT2D eigenvalue weighted by atomic mass is 19.4. The van der Waals surface area contributed by atoms with Crippen LogP contribution in [0.5, 0.6) is 0 Å². The first-order valence-corrected chi connectivity index (χ1v) is 10.6. The predicted molar refractivity (Wildman–Crippen MR) is 120 cm³/mol. The molecule has 35 heavy (non-hydrogen) atoms. The molecule has 180 valence electrons. The van der Waals surface area contributed by atoms with E-state index in [0.717, 1.165) is 4.90 Å². The van der Waals surface area contributed by atoms with Gasteiger partial charge in [-0.25, -0.2) is 9.07 Å². The van der Waals surface area contributed by atoms with Crippen molar-refractivity contribution in [1.29, 1.82) is 0 Å². The first-order chi connectivity index (χ1) is 16.7. The molecule has 3 heterocycles. The lowest BCUT2D eigenvalue weighted by molar-refractivity contribution is -0.169. The van der Waals surface area contributed by atoms with Crippen molar-refractivity contribution in [2.24, 2.45) is 13.0 Å². The summed E-state index contributed by atoms with van der Waals surface area (Å²) in [5.74, 6) is -1.94. The van der Waals surface area contributed by atoms with Crippen LogP contribution >= 0.6 is 0 Å². The van der Waals surface area contributed by atoms with E-state index < -0.39 is 36.8 Å². The Kier molecular flexibility index (Phi) is 5.50. The predicted octanol–water partition coefficient (Wildman–Crippen LogP) is 4.67. The number of alkyl halides is 3. The van der Waals surface area contributed by atoms with E-state index in [9.17, 15) is 22.4 Å². The van der Waals surface area contributed by atoms with Crippen molar-refractivity contribution >= 4 is 23.2 Å². The maximum absolute atomic E-state index is 14.6. The van der Waals surface area contributed by atoms with Crippen LogP contribution in [-0.4, -0.2) is 43.6 Å². The van der Waals surface area contributed by atoms with Crippen LogP contribution < -0.4 is 10.2 Å². The van der Waals surface area contributed by atoms with Gasteiger partial charge in [0.25, 0.3) is 0 Å². The third-order valence-corrected chi connectivity index (χ3v) is 5.82. The number of rotatable bonds is 5. The zero-order chi connectivity index (χ0) is 24.7. The second-order valence-electron chi connectivity index (χ2n) is 8.18. The van der Waals surface area contributed by atoms with Gasteiger partial charge in [0.15, 0.2) is 5.82 Å². The van der Waals surface area contributed by atoms with Crippen molar-refractivity contribution < 1.29 is 22.4 Å². The second-order valence-corrected chi connectivity index (χ2v) is 8.18. The molecule has 1 amide bonds. The van der Waals surface area contributed by atoms with E-state index in [1.807, 2.05) is 0 Å². The molecular formula is C23H19F4N7O. The van der Waals surface area contributed by atoms with Crippen molar-refractivity contribution in [1.82, 2.24) is 25.0 Å². The third-order valence-electron chi connectivity index (χ3n) is 5.82. The summed E-state index contributed by atoms with van der Waals surface area (Å²) < 4.78 is 55.0. The zero-order valence-corrected chi connectivity index (χ0v) is 18.3. The van der Waals surface area contributed by atoms with Gasteiger partial charge in [0.2, 0.25) is 11.9 Å². The quantitative estimate of drug-likeness (QED) is 0.401. The van der Waals surface area contributed by atoms with Crippen LogP contribution in [-0.2, 0) is 11.8 Å². The lowest BCUT2D eigenvalue weighted by atomic mass is 10.1. The minimum absolute atomic E-state index is 0.359. The fourth-order valence-corrected chi connectivity index (χ4v) is 3.94. The fourth-order valence-electron chi connectivity index (χ4n) is 3.94. The number of halogens is 4. The molecule has 2 aromatic heterocycles. The molecule has 5 rings (SSSR count). The second kappa shape index (κ2) is 8.53. The van der Waals surface area contributed by atoms with E-state index in [1.165, 1.54) is 16.9 Å². The Morgan fingerprint density at radius 3 is 2.51 bits per heavy atom. The first kappa shape index (κ1) is 22.6. The van der Waals surface area contributed by atoms with Crippen LogP contribution in [0.3, 0.4) is 0 Å². The van der Waals surface area contributed by atoms with Gasteiger partial charge in [0.05, 0.1) is 12.1 Å². The lowest BCUT2D eigenvalue weighted by Gasteiger charge is -2.18. The zero-order valence-electron chi connectivity index (χ0n) is 18.3. The number of amides is 1. The summed E-state index contributed by atoms with van der Waals surface area (Å²) in [6, 6.07) is 11.1. The van der Waals surface area contributed by atoms with Crippen LogP contribution in [0.25, 0.3) is 22.5 Å². The molecule has 1 aliphatic rings. The number of hydrogen-bond acceptors (Lipinski definition) is 5. The van der Waals surface area contributed by atoms with Crippen molar-refractivity contribution in [2.75, 3.05) is 16.8 Å². The van der Waals surface area contributed by atoms with Crippen molar-refractivity contribution in [2.45, 2.75) is 12.6 Å². The smallest absolute Gasteiger partial charge is 0.324 e. The number of aromatic nitrogens is 5. The average molecular weight is 485 g/mol.